The Bertz CT molecular complexity index is 589. The summed E-state index contributed by atoms with van der Waals surface area (Å²) in [5.74, 6) is -0.753. The molecule has 3 nitrogen and oxygen atoms in total. The van der Waals surface area contributed by atoms with Crippen molar-refractivity contribution in [2.75, 3.05) is 0 Å². The summed E-state index contributed by atoms with van der Waals surface area (Å²) in [6.07, 6.45) is 1.96. The predicted molar refractivity (Wildman–Crippen MR) is 91.2 cm³/mol. The molecular formula is C18H24O3S. The predicted octanol–water partition coefficient (Wildman–Crippen LogP) is 5.10. The zero-order valence-corrected chi connectivity index (χ0v) is 14.5. The minimum absolute atomic E-state index is 0.0969. The highest BCUT2D eigenvalue weighted by atomic mass is 32.1. The van der Waals surface area contributed by atoms with Gasteiger partial charge in [-0.15, -0.1) is 11.3 Å². The van der Waals surface area contributed by atoms with Crippen LogP contribution < -0.4 is 0 Å². The highest BCUT2D eigenvalue weighted by Crippen LogP contribution is 2.34. The van der Waals surface area contributed by atoms with Gasteiger partial charge in [0.2, 0.25) is 0 Å². The molecule has 0 amide bonds. The van der Waals surface area contributed by atoms with Gasteiger partial charge in [0.25, 0.3) is 0 Å². The van der Waals surface area contributed by atoms with Gasteiger partial charge in [0.15, 0.2) is 18.2 Å². The largest absolute Gasteiger partial charge is 0.347 e. The Hall–Kier alpha value is -1.23. The Morgan fingerprint density at radius 3 is 2.59 bits per heavy atom. The normalized spacial score (nSPS) is 17.1. The van der Waals surface area contributed by atoms with E-state index in [9.17, 15) is 4.79 Å². The molecular weight excluding hydrogens is 296 g/mol. The summed E-state index contributed by atoms with van der Waals surface area (Å²) in [5.41, 5.74) is 0. The van der Waals surface area contributed by atoms with Crippen LogP contribution >= 0.6 is 11.3 Å². The first-order valence-electron chi connectivity index (χ1n) is 7.80. The van der Waals surface area contributed by atoms with Crippen LogP contribution in [0.4, 0.5) is 0 Å². The molecule has 3 atom stereocenters. The summed E-state index contributed by atoms with van der Waals surface area (Å²) < 4.78 is 13.2. The van der Waals surface area contributed by atoms with Gasteiger partial charge in [-0.05, 0) is 44.2 Å². The van der Waals surface area contributed by atoms with Gasteiger partial charge in [-0.2, -0.15) is 0 Å². The summed E-state index contributed by atoms with van der Waals surface area (Å²) in [7, 11) is 0. The molecule has 3 unspecified atom stereocenters. The third-order valence-corrected chi connectivity index (χ3v) is 5.07. The molecule has 0 saturated heterocycles. The van der Waals surface area contributed by atoms with Crippen molar-refractivity contribution in [1.82, 2.24) is 0 Å². The Labute approximate surface area is 136 Å². The Morgan fingerprint density at radius 2 is 2.00 bits per heavy atom. The van der Waals surface area contributed by atoms with E-state index in [1.165, 1.54) is 0 Å². The second kappa shape index (κ2) is 7.36. The first kappa shape index (κ1) is 17.1. The topological polar surface area (TPSA) is 35.5 Å². The van der Waals surface area contributed by atoms with E-state index in [0.717, 1.165) is 27.7 Å². The Morgan fingerprint density at radius 1 is 1.27 bits per heavy atom. The van der Waals surface area contributed by atoms with Gasteiger partial charge in [-0.25, -0.2) is 0 Å². The molecule has 0 saturated carbocycles. The lowest BCUT2D eigenvalue weighted by Gasteiger charge is -2.33. The number of fused-ring (bicyclic) bond motifs is 1. The fourth-order valence-corrected chi connectivity index (χ4v) is 3.32. The van der Waals surface area contributed by atoms with E-state index in [4.69, 9.17) is 9.47 Å². The van der Waals surface area contributed by atoms with Crippen molar-refractivity contribution in [3.05, 3.63) is 35.2 Å². The first-order valence-corrected chi connectivity index (χ1v) is 8.62. The average molecular weight is 320 g/mol. The molecule has 1 aromatic heterocycles. The van der Waals surface area contributed by atoms with Crippen LogP contribution in [-0.2, 0) is 14.3 Å². The highest BCUT2D eigenvalue weighted by molar-refractivity contribution is 7.19. The van der Waals surface area contributed by atoms with E-state index in [1.54, 1.807) is 11.3 Å². The van der Waals surface area contributed by atoms with Crippen molar-refractivity contribution in [2.45, 2.75) is 58.5 Å². The van der Waals surface area contributed by atoms with Crippen molar-refractivity contribution in [3.63, 3.8) is 0 Å². The van der Waals surface area contributed by atoms with Crippen molar-refractivity contribution in [3.8, 4) is 0 Å². The molecule has 0 aliphatic rings. The van der Waals surface area contributed by atoms with Crippen molar-refractivity contribution < 1.29 is 14.3 Å². The van der Waals surface area contributed by atoms with Crippen LogP contribution in [0.1, 0.15) is 51.5 Å². The molecule has 1 heterocycles. The summed E-state index contributed by atoms with van der Waals surface area (Å²) in [4.78, 5) is 12.5. The van der Waals surface area contributed by atoms with Crippen molar-refractivity contribution >= 4 is 27.7 Å². The molecule has 0 fully saturated rings. The zero-order valence-electron chi connectivity index (χ0n) is 13.7. The van der Waals surface area contributed by atoms with Crippen LogP contribution in [0.5, 0.6) is 0 Å². The smallest absolute Gasteiger partial charge is 0.167 e. The van der Waals surface area contributed by atoms with Gasteiger partial charge < -0.3 is 14.3 Å². The van der Waals surface area contributed by atoms with Gasteiger partial charge in [0.05, 0.1) is 6.10 Å². The number of rotatable bonds is 8. The number of thiophene rings is 1. The minimum Gasteiger partial charge on any atom is -0.347 e. The summed E-state index contributed by atoms with van der Waals surface area (Å²) >= 11 is 1.59. The van der Waals surface area contributed by atoms with Gasteiger partial charge in [-0.3, -0.25) is 0 Å². The zero-order chi connectivity index (χ0) is 16.2. The summed E-state index contributed by atoms with van der Waals surface area (Å²) in [6.45, 7) is 8.01. The van der Waals surface area contributed by atoms with Gasteiger partial charge in [0, 0.05) is 9.58 Å². The van der Waals surface area contributed by atoms with Crippen molar-refractivity contribution in [2.24, 2.45) is 0 Å². The number of aldehydes is 1. The molecule has 2 aromatic rings. The van der Waals surface area contributed by atoms with E-state index >= 15 is 0 Å². The summed E-state index contributed by atoms with van der Waals surface area (Å²) in [6, 6.07) is 10.1. The fourth-order valence-electron chi connectivity index (χ4n) is 2.27. The number of benzene rings is 1. The number of ether oxygens (including phenoxy) is 2. The standard InChI is InChI=1S/C18H24O3S/c1-5-13(3)20-18(4,6-2)21-15(12-19)17-11-14-9-7-8-10-16(14)22-17/h7-13,15H,5-6H2,1-4H3. The van der Waals surface area contributed by atoms with Crippen molar-refractivity contribution in [1.29, 1.82) is 0 Å². The van der Waals surface area contributed by atoms with E-state index in [-0.39, 0.29) is 6.10 Å². The third-order valence-electron chi connectivity index (χ3n) is 3.89. The number of carbonyl (C=O) groups is 1. The van der Waals surface area contributed by atoms with Crippen LogP contribution in [0.15, 0.2) is 30.3 Å². The lowest BCUT2D eigenvalue weighted by atomic mass is 10.2. The Balaban J connectivity index is 2.21. The van der Waals surface area contributed by atoms with Crippen LogP contribution in [0.25, 0.3) is 10.1 Å². The van der Waals surface area contributed by atoms with E-state index in [1.807, 2.05) is 45.0 Å². The molecule has 0 bridgehead atoms. The minimum atomic E-state index is -0.753. The molecule has 0 spiro atoms. The second-order valence-electron chi connectivity index (χ2n) is 5.69. The third kappa shape index (κ3) is 3.94. The van der Waals surface area contributed by atoms with E-state index in [0.29, 0.717) is 6.42 Å². The fraction of sp³-hybridized carbons (Fsp3) is 0.500. The maximum atomic E-state index is 11.6. The summed E-state index contributed by atoms with van der Waals surface area (Å²) in [5, 5.41) is 1.14. The molecule has 4 heteroatoms. The van der Waals surface area contributed by atoms with Gasteiger partial charge in [0.1, 0.15) is 0 Å². The van der Waals surface area contributed by atoms with E-state index in [2.05, 4.69) is 13.0 Å². The molecule has 2 rings (SSSR count). The maximum absolute atomic E-state index is 11.6. The molecule has 1 aromatic carbocycles. The lowest BCUT2D eigenvalue weighted by Crippen LogP contribution is -2.36. The monoisotopic (exact) mass is 320 g/mol. The molecule has 0 radical (unpaired) electrons. The SMILES string of the molecule is CCC(C)OC(C)(CC)OC(C=O)c1cc2ccccc2s1. The molecule has 0 aliphatic carbocycles. The molecule has 120 valence electrons. The molecule has 0 aliphatic heterocycles. The van der Waals surface area contributed by atoms with Gasteiger partial charge >= 0.3 is 0 Å². The van der Waals surface area contributed by atoms with Crippen LogP contribution in [0.2, 0.25) is 0 Å². The number of hydrogen-bond acceptors (Lipinski definition) is 4. The molecule has 0 N–H and O–H groups in total. The lowest BCUT2D eigenvalue weighted by molar-refractivity contribution is -0.262. The van der Waals surface area contributed by atoms with Crippen LogP contribution in [-0.4, -0.2) is 18.2 Å². The highest BCUT2D eigenvalue weighted by Gasteiger charge is 2.31. The van der Waals surface area contributed by atoms with Crippen LogP contribution in [0, 0.1) is 0 Å². The van der Waals surface area contributed by atoms with Gasteiger partial charge in [-0.1, -0.05) is 32.0 Å². The van der Waals surface area contributed by atoms with E-state index < -0.39 is 11.9 Å². The van der Waals surface area contributed by atoms with Crippen LogP contribution in [0.3, 0.4) is 0 Å². The quantitative estimate of drug-likeness (QED) is 0.501. The maximum Gasteiger partial charge on any atom is 0.167 e. The number of carbonyl (C=O) groups excluding carboxylic acids is 1. The Kier molecular flexibility index (Phi) is 5.73. The second-order valence-corrected chi connectivity index (χ2v) is 6.80. The number of hydrogen-bond donors (Lipinski definition) is 0. The average Bonchev–Trinajstić information content (AvgIpc) is 2.96. The first-order chi connectivity index (χ1) is 10.5. The molecule has 22 heavy (non-hydrogen) atoms.